The van der Waals surface area contributed by atoms with Gasteiger partial charge in [0.2, 0.25) is 10.0 Å². The summed E-state index contributed by atoms with van der Waals surface area (Å²) < 4.78 is 28.1. The first kappa shape index (κ1) is 25.8. The minimum atomic E-state index is -3.57. The Morgan fingerprint density at radius 2 is 1.97 bits per heavy atom. The molecule has 198 valence electrons. The Balaban J connectivity index is 1.48. The summed E-state index contributed by atoms with van der Waals surface area (Å²) in [6.45, 7) is 9.11. The van der Waals surface area contributed by atoms with E-state index < -0.39 is 10.0 Å². The second kappa shape index (κ2) is 9.47. The summed E-state index contributed by atoms with van der Waals surface area (Å²) in [6.07, 6.45) is 6.78. The molecule has 0 saturated carbocycles. The van der Waals surface area contributed by atoms with E-state index in [0.29, 0.717) is 11.6 Å². The molecule has 1 amide bonds. The predicted octanol–water partition coefficient (Wildman–Crippen LogP) is 4.67. The van der Waals surface area contributed by atoms with Crippen LogP contribution >= 0.6 is 11.6 Å². The first-order valence-corrected chi connectivity index (χ1v) is 14.9. The molecule has 2 aromatic heterocycles. The van der Waals surface area contributed by atoms with E-state index in [0.717, 1.165) is 67.8 Å². The van der Waals surface area contributed by atoms with Crippen LogP contribution < -0.4 is 9.62 Å². The number of fused-ring (bicyclic) bond motifs is 1. The Bertz CT molecular complexity index is 1470. The quantitative estimate of drug-likeness (QED) is 0.501. The van der Waals surface area contributed by atoms with Crippen molar-refractivity contribution in [2.75, 3.05) is 35.5 Å². The van der Waals surface area contributed by atoms with Crippen molar-refractivity contribution in [2.24, 2.45) is 5.41 Å². The Kier molecular flexibility index (Phi) is 6.60. The molecule has 0 unspecified atom stereocenters. The van der Waals surface area contributed by atoms with Crippen molar-refractivity contribution in [1.29, 1.82) is 0 Å². The average Bonchev–Trinajstić information content (AvgIpc) is 3.40. The number of nitrogens with zero attached hydrogens (tertiary/aromatic N) is 5. The molecule has 1 aromatic carbocycles. The third-order valence-corrected chi connectivity index (χ3v) is 8.04. The van der Waals surface area contributed by atoms with Gasteiger partial charge in [0.25, 0.3) is 5.91 Å². The van der Waals surface area contributed by atoms with E-state index in [1.165, 1.54) is 12.1 Å². The van der Waals surface area contributed by atoms with Gasteiger partial charge in [0.1, 0.15) is 5.82 Å². The van der Waals surface area contributed by atoms with Crippen molar-refractivity contribution in [3.63, 3.8) is 0 Å². The fourth-order valence-corrected chi connectivity index (χ4v) is 6.16. The second-order valence-corrected chi connectivity index (χ2v) is 13.2. The number of benzene rings is 1. The molecule has 4 heterocycles. The van der Waals surface area contributed by atoms with Crippen LogP contribution in [0.2, 0.25) is 5.02 Å². The van der Waals surface area contributed by atoms with Crippen molar-refractivity contribution in [3.8, 4) is 0 Å². The van der Waals surface area contributed by atoms with Crippen LogP contribution in [0.3, 0.4) is 0 Å². The van der Waals surface area contributed by atoms with Gasteiger partial charge in [-0.05, 0) is 56.2 Å². The smallest absolute Gasteiger partial charge is 0.256 e. The molecule has 0 radical (unpaired) electrons. The van der Waals surface area contributed by atoms with Gasteiger partial charge in [0.15, 0.2) is 5.65 Å². The maximum absolute atomic E-state index is 13.8. The van der Waals surface area contributed by atoms with Crippen molar-refractivity contribution in [3.05, 3.63) is 52.3 Å². The van der Waals surface area contributed by atoms with Crippen molar-refractivity contribution >= 4 is 44.7 Å². The van der Waals surface area contributed by atoms with Crippen LogP contribution in [0.5, 0.6) is 0 Å². The standard InChI is InChI=1S/C26H33ClN6O3S/c1-17-15-33-23(28-24(17)31-12-10-26(2,3)16-31)14-21(29-33)22-7-5-6-11-32(22)25(34)19-13-18(27)8-9-20(19)30-37(4,35)36/h8-9,13-15,22,30H,5-7,10-12,16H2,1-4H3/t22-/m0/s1. The molecule has 2 aliphatic heterocycles. The number of carbonyl (C=O) groups excluding carboxylic acids is 1. The highest BCUT2D eigenvalue weighted by Crippen LogP contribution is 2.36. The number of nitrogens with one attached hydrogen (secondary N) is 1. The molecule has 1 N–H and O–H groups in total. The second-order valence-electron chi connectivity index (χ2n) is 11.0. The number of piperidine rings is 1. The molecule has 1 atom stereocenters. The number of anilines is 2. The van der Waals surface area contributed by atoms with Crippen LogP contribution in [0.1, 0.15) is 67.2 Å². The fraction of sp³-hybridized carbons (Fsp3) is 0.500. The molecule has 9 nitrogen and oxygen atoms in total. The number of amides is 1. The lowest BCUT2D eigenvalue weighted by Gasteiger charge is -2.35. The van der Waals surface area contributed by atoms with E-state index in [9.17, 15) is 13.2 Å². The van der Waals surface area contributed by atoms with Gasteiger partial charge in [0.05, 0.1) is 29.2 Å². The number of aromatic nitrogens is 3. The van der Waals surface area contributed by atoms with Crippen LogP contribution in [0, 0.1) is 12.3 Å². The highest BCUT2D eigenvalue weighted by atomic mass is 35.5. The topological polar surface area (TPSA) is 99.9 Å². The van der Waals surface area contributed by atoms with Crippen molar-refractivity contribution in [2.45, 2.75) is 52.5 Å². The Morgan fingerprint density at radius 1 is 1.19 bits per heavy atom. The Hall–Kier alpha value is -2.85. The highest BCUT2D eigenvalue weighted by Gasteiger charge is 2.33. The molecule has 11 heteroatoms. The normalized spacial score (nSPS) is 20.0. The number of hydrogen-bond donors (Lipinski definition) is 1. The number of aryl methyl sites for hydroxylation is 1. The summed E-state index contributed by atoms with van der Waals surface area (Å²) in [5, 5.41) is 5.19. The molecule has 2 aliphatic rings. The SMILES string of the molecule is Cc1cn2nc([C@@H]3CCCCN3C(=O)c3cc(Cl)ccc3NS(C)(=O)=O)cc2nc1N1CCC(C)(C)C1. The minimum absolute atomic E-state index is 0.215. The molecule has 37 heavy (non-hydrogen) atoms. The monoisotopic (exact) mass is 544 g/mol. The van der Waals surface area contributed by atoms with E-state index in [-0.39, 0.29) is 28.6 Å². The molecule has 2 saturated heterocycles. The molecule has 5 rings (SSSR count). The van der Waals surface area contributed by atoms with Gasteiger partial charge < -0.3 is 9.80 Å². The first-order valence-electron chi connectivity index (χ1n) is 12.6. The lowest BCUT2D eigenvalue weighted by Crippen LogP contribution is -2.39. The summed E-state index contributed by atoms with van der Waals surface area (Å²) >= 11 is 6.20. The fourth-order valence-electron chi connectivity index (χ4n) is 5.41. The van der Waals surface area contributed by atoms with Gasteiger partial charge in [0, 0.05) is 42.5 Å². The van der Waals surface area contributed by atoms with Crippen molar-refractivity contribution < 1.29 is 13.2 Å². The van der Waals surface area contributed by atoms with Crippen LogP contribution in [0.4, 0.5) is 11.5 Å². The Labute approximate surface area is 222 Å². The van der Waals surface area contributed by atoms with Gasteiger partial charge >= 0.3 is 0 Å². The number of carbonyl (C=O) groups is 1. The third kappa shape index (κ3) is 5.40. The largest absolute Gasteiger partial charge is 0.356 e. The van der Waals surface area contributed by atoms with Gasteiger partial charge in [-0.3, -0.25) is 9.52 Å². The van der Waals surface area contributed by atoms with E-state index in [2.05, 4.69) is 30.4 Å². The minimum Gasteiger partial charge on any atom is -0.356 e. The van der Waals surface area contributed by atoms with Gasteiger partial charge in [-0.25, -0.2) is 17.9 Å². The summed E-state index contributed by atoms with van der Waals surface area (Å²) in [6, 6.07) is 6.32. The lowest BCUT2D eigenvalue weighted by atomic mass is 9.93. The van der Waals surface area contributed by atoms with E-state index in [1.807, 2.05) is 12.3 Å². The summed E-state index contributed by atoms with van der Waals surface area (Å²) in [7, 11) is -3.57. The number of halogens is 1. The van der Waals surface area contributed by atoms with Crippen LogP contribution in [-0.2, 0) is 10.0 Å². The molecule has 2 fully saturated rings. The maximum atomic E-state index is 13.8. The maximum Gasteiger partial charge on any atom is 0.256 e. The summed E-state index contributed by atoms with van der Waals surface area (Å²) in [4.78, 5) is 22.9. The number of sulfonamides is 1. The number of likely N-dealkylation sites (tertiary alicyclic amines) is 1. The third-order valence-electron chi connectivity index (χ3n) is 7.21. The summed E-state index contributed by atoms with van der Waals surface area (Å²) in [5.41, 5.74) is 3.29. The molecule has 0 spiro atoms. The molecular weight excluding hydrogens is 512 g/mol. The van der Waals surface area contributed by atoms with Crippen LogP contribution in [0.25, 0.3) is 5.65 Å². The van der Waals surface area contributed by atoms with Crippen molar-refractivity contribution in [1.82, 2.24) is 19.5 Å². The number of hydrogen-bond acceptors (Lipinski definition) is 6. The Morgan fingerprint density at radius 3 is 2.68 bits per heavy atom. The van der Waals surface area contributed by atoms with E-state index >= 15 is 0 Å². The number of rotatable bonds is 5. The molecular formula is C26H33ClN6O3S. The first-order chi connectivity index (χ1) is 17.4. The highest BCUT2D eigenvalue weighted by molar-refractivity contribution is 7.92. The van der Waals surface area contributed by atoms with Crippen LogP contribution in [0.15, 0.2) is 30.5 Å². The molecule has 0 aliphatic carbocycles. The zero-order valence-corrected chi connectivity index (χ0v) is 23.2. The zero-order valence-electron chi connectivity index (χ0n) is 21.7. The lowest BCUT2D eigenvalue weighted by molar-refractivity contribution is 0.0607. The van der Waals surface area contributed by atoms with Gasteiger partial charge in [-0.15, -0.1) is 0 Å². The molecule has 3 aromatic rings. The summed E-state index contributed by atoms with van der Waals surface area (Å²) in [5.74, 6) is 0.705. The predicted molar refractivity (Wildman–Crippen MR) is 146 cm³/mol. The van der Waals surface area contributed by atoms with E-state index in [4.69, 9.17) is 21.7 Å². The molecule has 0 bridgehead atoms. The van der Waals surface area contributed by atoms with Crippen LogP contribution in [-0.4, -0.2) is 59.7 Å². The zero-order chi connectivity index (χ0) is 26.5. The van der Waals surface area contributed by atoms with E-state index in [1.54, 1.807) is 15.5 Å². The average molecular weight is 545 g/mol. The van der Waals surface area contributed by atoms with Gasteiger partial charge in [-0.1, -0.05) is 25.4 Å². The van der Waals surface area contributed by atoms with Gasteiger partial charge in [-0.2, -0.15) is 5.10 Å².